The van der Waals surface area contributed by atoms with E-state index in [9.17, 15) is 18.0 Å². The molecule has 2 rings (SSSR count). The van der Waals surface area contributed by atoms with Crippen LogP contribution in [0.25, 0.3) is 0 Å². The smallest absolute Gasteiger partial charge is 0.375 e. The van der Waals surface area contributed by atoms with Crippen LogP contribution in [0.1, 0.15) is 22.3 Å². The van der Waals surface area contributed by atoms with Crippen LogP contribution >= 0.6 is 0 Å². The molecule has 1 aromatic carbocycles. The number of halogens is 3. The number of ether oxygens (including phenoxy) is 1. The lowest BCUT2D eigenvalue weighted by molar-refractivity contribution is -0.137. The number of amides is 1. The second-order valence-corrected chi connectivity index (χ2v) is 5.37. The molecular weight excluding hydrogens is 297 g/mol. The Labute approximate surface area is 127 Å². The van der Waals surface area contributed by atoms with E-state index in [1.807, 2.05) is 7.05 Å². The van der Waals surface area contributed by atoms with Crippen LogP contribution in [0.3, 0.4) is 0 Å². The number of likely N-dealkylation sites (N-methyl/N-ethyl adjacent to an activating group) is 1. The van der Waals surface area contributed by atoms with Crippen molar-refractivity contribution in [3.05, 3.63) is 35.4 Å². The van der Waals surface area contributed by atoms with Crippen LogP contribution in [0.15, 0.2) is 24.3 Å². The summed E-state index contributed by atoms with van der Waals surface area (Å²) in [6, 6.07) is 4.19. The monoisotopic (exact) mass is 316 g/mol. The van der Waals surface area contributed by atoms with E-state index in [1.54, 1.807) is 0 Å². The first-order valence-corrected chi connectivity index (χ1v) is 7.12. The molecule has 1 aliphatic heterocycles. The van der Waals surface area contributed by atoms with Crippen molar-refractivity contribution < 1.29 is 22.7 Å². The van der Waals surface area contributed by atoms with Gasteiger partial charge in [0.05, 0.1) is 18.3 Å². The summed E-state index contributed by atoms with van der Waals surface area (Å²) in [5.41, 5.74) is -0.544. The minimum absolute atomic E-state index is 0.0756. The first-order valence-electron chi connectivity index (χ1n) is 7.12. The Morgan fingerprint density at radius 3 is 2.64 bits per heavy atom. The molecule has 1 heterocycles. The number of alkyl halides is 3. The number of hydrogen-bond donors (Lipinski definition) is 1. The second kappa shape index (κ2) is 7.11. The second-order valence-electron chi connectivity index (χ2n) is 5.37. The largest absolute Gasteiger partial charge is 0.416 e. The van der Waals surface area contributed by atoms with Crippen molar-refractivity contribution in [2.45, 2.75) is 18.7 Å². The maximum atomic E-state index is 12.4. The Balaban J connectivity index is 1.79. The van der Waals surface area contributed by atoms with Gasteiger partial charge in [-0.05, 0) is 37.7 Å². The molecule has 22 heavy (non-hydrogen) atoms. The molecule has 122 valence electrons. The molecule has 1 atom stereocenters. The van der Waals surface area contributed by atoms with Gasteiger partial charge in [0.1, 0.15) is 0 Å². The molecule has 1 fully saturated rings. The van der Waals surface area contributed by atoms with Crippen LogP contribution in [0.2, 0.25) is 0 Å². The number of nitrogens with one attached hydrogen (secondary N) is 1. The highest BCUT2D eigenvalue weighted by molar-refractivity contribution is 5.94. The summed E-state index contributed by atoms with van der Waals surface area (Å²) in [6.07, 6.45) is -3.64. The maximum Gasteiger partial charge on any atom is 0.416 e. The predicted octanol–water partition coefficient (Wildman–Crippen LogP) is 2.16. The molecule has 1 aromatic rings. The van der Waals surface area contributed by atoms with Crippen molar-refractivity contribution in [1.82, 2.24) is 10.2 Å². The molecule has 0 aliphatic carbocycles. The van der Waals surface area contributed by atoms with E-state index in [0.29, 0.717) is 19.6 Å². The third kappa shape index (κ3) is 4.71. The summed E-state index contributed by atoms with van der Waals surface area (Å²) in [5, 5.41) is 2.70. The van der Waals surface area contributed by atoms with Crippen LogP contribution < -0.4 is 5.32 Å². The molecule has 1 amide bonds. The van der Waals surface area contributed by atoms with Crippen molar-refractivity contribution in [1.29, 1.82) is 0 Å². The average Bonchev–Trinajstić information content (AvgIpc) is 2.46. The van der Waals surface area contributed by atoms with Crippen molar-refractivity contribution >= 4 is 5.91 Å². The molecule has 1 saturated heterocycles. The minimum Gasteiger partial charge on any atom is -0.375 e. The average molecular weight is 316 g/mol. The van der Waals surface area contributed by atoms with E-state index < -0.39 is 11.7 Å². The fourth-order valence-electron chi connectivity index (χ4n) is 2.30. The molecule has 0 spiro atoms. The molecule has 1 aliphatic rings. The molecule has 4 nitrogen and oxygen atoms in total. The first kappa shape index (κ1) is 16.8. The lowest BCUT2D eigenvalue weighted by atomic mass is 10.1. The zero-order valence-electron chi connectivity index (χ0n) is 12.3. The number of benzene rings is 1. The quantitative estimate of drug-likeness (QED) is 0.925. The van der Waals surface area contributed by atoms with Gasteiger partial charge in [-0.25, -0.2) is 0 Å². The van der Waals surface area contributed by atoms with E-state index in [4.69, 9.17) is 4.74 Å². The van der Waals surface area contributed by atoms with E-state index in [2.05, 4.69) is 10.2 Å². The van der Waals surface area contributed by atoms with Crippen molar-refractivity contribution in [2.24, 2.45) is 0 Å². The SMILES string of the molecule is CN1CCOC(CCNC(=O)c2ccc(C(F)(F)F)cc2)C1. The van der Waals surface area contributed by atoms with Crippen LogP contribution in [0.5, 0.6) is 0 Å². The predicted molar refractivity (Wildman–Crippen MR) is 75.6 cm³/mol. The Morgan fingerprint density at radius 1 is 1.36 bits per heavy atom. The third-order valence-electron chi connectivity index (χ3n) is 3.57. The van der Waals surface area contributed by atoms with Gasteiger partial charge in [0.25, 0.3) is 5.91 Å². The number of morpholine rings is 1. The number of hydrogen-bond acceptors (Lipinski definition) is 3. The van der Waals surface area contributed by atoms with Gasteiger partial charge in [0.15, 0.2) is 0 Å². The molecule has 7 heteroatoms. The standard InChI is InChI=1S/C15H19F3N2O2/c1-20-8-9-22-13(10-20)6-7-19-14(21)11-2-4-12(5-3-11)15(16,17)18/h2-5,13H,6-10H2,1H3,(H,19,21). The molecule has 0 saturated carbocycles. The number of carbonyl (C=O) groups is 1. The van der Waals surface area contributed by atoms with Gasteiger partial charge < -0.3 is 15.0 Å². The maximum absolute atomic E-state index is 12.4. The highest BCUT2D eigenvalue weighted by atomic mass is 19.4. The van der Waals surface area contributed by atoms with Crippen LogP contribution in [-0.2, 0) is 10.9 Å². The summed E-state index contributed by atoms with van der Waals surface area (Å²) >= 11 is 0. The molecule has 1 N–H and O–H groups in total. The first-order chi connectivity index (χ1) is 10.4. The topological polar surface area (TPSA) is 41.6 Å². The molecule has 1 unspecified atom stereocenters. The van der Waals surface area contributed by atoms with Crippen LogP contribution in [-0.4, -0.2) is 50.2 Å². The summed E-state index contributed by atoms with van der Waals surface area (Å²) in [5.74, 6) is -0.377. The zero-order valence-corrected chi connectivity index (χ0v) is 12.3. The fourth-order valence-corrected chi connectivity index (χ4v) is 2.30. The minimum atomic E-state index is -4.39. The molecule has 0 aromatic heterocycles. The zero-order chi connectivity index (χ0) is 16.2. The van der Waals surface area contributed by atoms with Crippen molar-refractivity contribution in [3.8, 4) is 0 Å². The van der Waals surface area contributed by atoms with Gasteiger partial charge in [0, 0.05) is 25.2 Å². The van der Waals surface area contributed by atoms with Crippen LogP contribution in [0.4, 0.5) is 13.2 Å². The lowest BCUT2D eigenvalue weighted by Gasteiger charge is -2.30. The molecule has 0 radical (unpaired) electrons. The van der Waals surface area contributed by atoms with E-state index in [1.165, 1.54) is 12.1 Å². The van der Waals surface area contributed by atoms with Gasteiger partial charge in [-0.1, -0.05) is 0 Å². The van der Waals surface area contributed by atoms with Gasteiger partial charge in [-0.2, -0.15) is 13.2 Å². The van der Waals surface area contributed by atoms with Crippen LogP contribution in [0, 0.1) is 0 Å². The Morgan fingerprint density at radius 2 is 2.05 bits per heavy atom. The number of carbonyl (C=O) groups excluding carboxylic acids is 1. The molecular formula is C15H19F3N2O2. The van der Waals surface area contributed by atoms with Crippen molar-refractivity contribution in [2.75, 3.05) is 33.3 Å². The summed E-state index contributed by atoms with van der Waals surface area (Å²) in [6.45, 7) is 2.82. The van der Waals surface area contributed by atoms with Crippen molar-refractivity contribution in [3.63, 3.8) is 0 Å². The van der Waals surface area contributed by atoms with Gasteiger partial charge in [-0.15, -0.1) is 0 Å². The normalized spacial score (nSPS) is 19.9. The van der Waals surface area contributed by atoms with Gasteiger partial charge in [-0.3, -0.25) is 4.79 Å². The van der Waals surface area contributed by atoms with E-state index in [0.717, 1.165) is 25.2 Å². The summed E-state index contributed by atoms with van der Waals surface area (Å²) < 4.78 is 42.9. The summed E-state index contributed by atoms with van der Waals surface area (Å²) in [4.78, 5) is 14.0. The van der Waals surface area contributed by atoms with E-state index in [-0.39, 0.29) is 17.6 Å². The number of nitrogens with zero attached hydrogens (tertiary/aromatic N) is 1. The Bertz CT molecular complexity index is 503. The Hall–Kier alpha value is -1.60. The summed E-state index contributed by atoms with van der Waals surface area (Å²) in [7, 11) is 2.01. The Kier molecular flexibility index (Phi) is 5.42. The lowest BCUT2D eigenvalue weighted by Crippen LogP contribution is -2.41. The third-order valence-corrected chi connectivity index (χ3v) is 3.57. The highest BCUT2D eigenvalue weighted by Crippen LogP contribution is 2.29. The van der Waals surface area contributed by atoms with Gasteiger partial charge in [0.2, 0.25) is 0 Å². The number of rotatable bonds is 4. The fraction of sp³-hybridized carbons (Fsp3) is 0.533. The van der Waals surface area contributed by atoms with Gasteiger partial charge >= 0.3 is 6.18 Å². The molecule has 0 bridgehead atoms. The van der Waals surface area contributed by atoms with E-state index >= 15 is 0 Å². The highest BCUT2D eigenvalue weighted by Gasteiger charge is 2.30.